The summed E-state index contributed by atoms with van der Waals surface area (Å²) >= 11 is 0. The molecule has 0 bridgehead atoms. The fourth-order valence-corrected chi connectivity index (χ4v) is 2.99. The van der Waals surface area contributed by atoms with Gasteiger partial charge in [0.1, 0.15) is 19.3 Å². The van der Waals surface area contributed by atoms with Crippen LogP contribution in [0.1, 0.15) is 20.7 Å². The van der Waals surface area contributed by atoms with Gasteiger partial charge in [-0.1, -0.05) is 29.7 Å². The summed E-state index contributed by atoms with van der Waals surface area (Å²) in [6.45, 7) is 0. The Kier molecular flexibility index (Phi) is 4.68. The summed E-state index contributed by atoms with van der Waals surface area (Å²) in [5.41, 5.74) is 3.34. The van der Waals surface area contributed by atoms with Crippen molar-refractivity contribution in [2.75, 3.05) is 14.2 Å². The maximum Gasteiger partial charge on any atom is 0.150 e. The Bertz CT molecular complexity index is 965. The zero-order chi connectivity index (χ0) is 18.0. The van der Waals surface area contributed by atoms with Crippen LogP contribution in [0.5, 0.6) is 11.5 Å². The normalized spacial score (nSPS) is 11.0. The molecule has 4 nitrogen and oxygen atoms in total. The lowest BCUT2D eigenvalue weighted by Crippen LogP contribution is -2.06. The lowest BCUT2D eigenvalue weighted by atomic mass is 9.87. The Morgan fingerprint density at radius 3 is 2.08 bits per heavy atom. The van der Waals surface area contributed by atoms with E-state index in [1.54, 1.807) is 38.5 Å². The van der Waals surface area contributed by atoms with Crippen LogP contribution in [0.4, 0.5) is 0 Å². The van der Waals surface area contributed by atoms with Gasteiger partial charge in [0.15, 0.2) is 12.6 Å². The number of carbonyl (C=O) groups excluding carboxylic acids is 2. The third-order valence-corrected chi connectivity index (χ3v) is 3.95. The van der Waals surface area contributed by atoms with Gasteiger partial charge in [0, 0.05) is 41.7 Å². The molecule has 0 saturated heterocycles. The molecule has 3 aromatic rings. The summed E-state index contributed by atoms with van der Waals surface area (Å²) in [6.07, 6.45) is 1.51. The van der Waals surface area contributed by atoms with Gasteiger partial charge in [-0.25, -0.2) is 0 Å². The van der Waals surface area contributed by atoms with E-state index in [1.807, 2.05) is 18.2 Å². The number of ether oxygens (including phenoxy) is 2. The van der Waals surface area contributed by atoms with E-state index < -0.39 is 0 Å². The number of fused-ring (bicyclic) bond motifs is 2. The maximum absolute atomic E-state index is 11.3. The third-order valence-electron chi connectivity index (χ3n) is 3.95. The lowest BCUT2D eigenvalue weighted by molar-refractivity contribution is 0.112. The van der Waals surface area contributed by atoms with E-state index in [0.29, 0.717) is 33.5 Å². The molecule has 1 aliphatic rings. The number of aldehydes is 2. The summed E-state index contributed by atoms with van der Waals surface area (Å²) in [6, 6.07) is 12.4. The second kappa shape index (κ2) is 6.91. The van der Waals surface area contributed by atoms with Crippen LogP contribution >= 0.6 is 0 Å². The van der Waals surface area contributed by atoms with E-state index in [0.717, 1.165) is 29.1 Å². The Balaban J connectivity index is 0.000000569. The third kappa shape index (κ3) is 2.83. The number of methoxy groups -OCH3 is 1. The molecule has 3 aromatic carbocycles. The van der Waals surface area contributed by atoms with Crippen molar-refractivity contribution in [3.63, 3.8) is 0 Å². The molecule has 5 heteroatoms. The van der Waals surface area contributed by atoms with E-state index >= 15 is 0 Å². The summed E-state index contributed by atoms with van der Waals surface area (Å²) in [4.78, 5) is 22.7. The predicted molar refractivity (Wildman–Crippen MR) is 98.6 cm³/mol. The highest BCUT2D eigenvalue weighted by atomic mass is 16.5. The molecule has 0 unspecified atom stereocenters. The van der Waals surface area contributed by atoms with Crippen molar-refractivity contribution in [1.29, 1.82) is 0 Å². The zero-order valence-electron chi connectivity index (χ0n) is 13.9. The van der Waals surface area contributed by atoms with E-state index in [4.69, 9.17) is 12.6 Å². The molecule has 0 aliphatic carbocycles. The van der Waals surface area contributed by atoms with E-state index in [-0.39, 0.29) is 0 Å². The standard InChI is InChI=1S/C18H9BO3.C2H6O/c19-12-3-6-15-14(7-12)13-4-1-10(8-20)17-11(9-21)2-5-16(22-15)18(13)17;1-3-2/h1-9H;1-2H3. The van der Waals surface area contributed by atoms with Crippen LogP contribution in [-0.4, -0.2) is 34.6 Å². The molecule has 2 radical (unpaired) electrons. The van der Waals surface area contributed by atoms with Gasteiger partial charge in [-0.15, -0.1) is 0 Å². The van der Waals surface area contributed by atoms with Gasteiger partial charge in [0.2, 0.25) is 0 Å². The number of rotatable bonds is 2. The molecule has 0 spiro atoms. The van der Waals surface area contributed by atoms with Crippen molar-refractivity contribution < 1.29 is 19.1 Å². The first-order chi connectivity index (χ1) is 12.1. The first-order valence-corrected chi connectivity index (χ1v) is 7.62. The summed E-state index contributed by atoms with van der Waals surface area (Å²) in [5.74, 6) is 1.34. The molecular formula is C20H15BO4. The highest BCUT2D eigenvalue weighted by Gasteiger charge is 2.22. The van der Waals surface area contributed by atoms with E-state index in [9.17, 15) is 9.59 Å². The van der Waals surface area contributed by atoms with Crippen LogP contribution in [0, 0.1) is 0 Å². The van der Waals surface area contributed by atoms with Crippen LogP contribution in [0.2, 0.25) is 0 Å². The molecule has 4 rings (SSSR count). The zero-order valence-corrected chi connectivity index (χ0v) is 13.9. The van der Waals surface area contributed by atoms with Gasteiger partial charge in [-0.3, -0.25) is 9.59 Å². The second-order valence-electron chi connectivity index (χ2n) is 5.61. The quantitative estimate of drug-likeness (QED) is 0.418. The van der Waals surface area contributed by atoms with Crippen molar-refractivity contribution in [1.82, 2.24) is 0 Å². The van der Waals surface area contributed by atoms with Gasteiger partial charge in [-0.05, 0) is 23.8 Å². The topological polar surface area (TPSA) is 52.6 Å². The molecule has 0 aromatic heterocycles. The second-order valence-corrected chi connectivity index (χ2v) is 5.61. The molecule has 1 aliphatic heterocycles. The van der Waals surface area contributed by atoms with Crippen molar-refractivity contribution in [2.24, 2.45) is 0 Å². The monoisotopic (exact) mass is 330 g/mol. The molecule has 0 atom stereocenters. The Labute approximate surface area is 146 Å². The highest BCUT2D eigenvalue weighted by molar-refractivity contribution is 6.33. The SMILES string of the molecule is COC.[B]c1ccc2c(c1)-c1ccc(C=O)c3c(C=O)ccc(c13)O2. The van der Waals surface area contributed by atoms with Gasteiger partial charge < -0.3 is 9.47 Å². The fraction of sp³-hybridized carbons (Fsp3) is 0.100. The van der Waals surface area contributed by atoms with E-state index in [1.165, 1.54) is 0 Å². The van der Waals surface area contributed by atoms with Crippen molar-refractivity contribution in [3.05, 3.63) is 53.6 Å². The van der Waals surface area contributed by atoms with E-state index in [2.05, 4.69) is 4.74 Å². The molecule has 0 fully saturated rings. The van der Waals surface area contributed by atoms with Crippen LogP contribution in [-0.2, 0) is 4.74 Å². The first-order valence-electron chi connectivity index (χ1n) is 7.62. The highest BCUT2D eigenvalue weighted by Crippen LogP contribution is 2.47. The van der Waals surface area contributed by atoms with Gasteiger partial charge in [-0.2, -0.15) is 0 Å². The Morgan fingerprint density at radius 2 is 1.44 bits per heavy atom. The minimum atomic E-state index is 0.471. The Hall–Kier alpha value is -2.92. The molecule has 25 heavy (non-hydrogen) atoms. The predicted octanol–water partition coefficient (Wildman–Crippen LogP) is 3.29. The first kappa shape index (κ1) is 16.9. The Morgan fingerprint density at radius 1 is 0.840 bits per heavy atom. The molecule has 0 N–H and O–H groups in total. The maximum atomic E-state index is 11.3. The van der Waals surface area contributed by atoms with Gasteiger partial charge in [0.05, 0.1) is 0 Å². The van der Waals surface area contributed by atoms with Crippen molar-refractivity contribution in [3.8, 4) is 22.6 Å². The average Bonchev–Trinajstić information content (AvgIpc) is 2.63. The minimum Gasteiger partial charge on any atom is -0.456 e. The summed E-state index contributed by atoms with van der Waals surface area (Å²) in [7, 11) is 9.12. The van der Waals surface area contributed by atoms with Gasteiger partial charge in [0.25, 0.3) is 0 Å². The minimum absolute atomic E-state index is 0.471. The van der Waals surface area contributed by atoms with Crippen LogP contribution < -0.4 is 10.2 Å². The number of hydrogen-bond donors (Lipinski definition) is 0. The number of benzene rings is 3. The summed E-state index contributed by atoms with van der Waals surface area (Å²) in [5, 5.41) is 1.39. The molecule has 0 amide bonds. The number of carbonyl (C=O) groups is 2. The lowest BCUT2D eigenvalue weighted by Gasteiger charge is -2.23. The van der Waals surface area contributed by atoms with Crippen LogP contribution in [0.25, 0.3) is 21.9 Å². The molecule has 1 heterocycles. The van der Waals surface area contributed by atoms with Gasteiger partial charge >= 0.3 is 0 Å². The fourth-order valence-electron chi connectivity index (χ4n) is 2.99. The molecular weight excluding hydrogens is 315 g/mol. The molecule has 0 saturated carbocycles. The van der Waals surface area contributed by atoms with Crippen LogP contribution in [0.15, 0.2) is 42.5 Å². The average molecular weight is 330 g/mol. The van der Waals surface area contributed by atoms with Crippen molar-refractivity contribution >= 4 is 36.7 Å². The molecule has 122 valence electrons. The van der Waals surface area contributed by atoms with Crippen molar-refractivity contribution in [2.45, 2.75) is 0 Å². The largest absolute Gasteiger partial charge is 0.456 e. The van der Waals surface area contributed by atoms with Crippen LogP contribution in [0.3, 0.4) is 0 Å². The smallest absolute Gasteiger partial charge is 0.150 e. The number of hydrogen-bond acceptors (Lipinski definition) is 4. The summed E-state index contributed by atoms with van der Waals surface area (Å²) < 4.78 is 10.2.